The Bertz CT molecular complexity index is 589. The first-order chi connectivity index (χ1) is 8.81. The molecule has 1 spiro atoms. The summed E-state index contributed by atoms with van der Waals surface area (Å²) in [5.74, 6) is 0.962. The topological polar surface area (TPSA) is 65.0 Å². The Morgan fingerprint density at radius 2 is 2.33 bits per heavy atom. The van der Waals surface area contributed by atoms with Crippen LogP contribution in [0.5, 0.6) is 0 Å². The number of anilines is 1. The SMILES string of the molecule is OC[C@@H]1CC2(CC2)CN1c1ncnc2[nH]ccc12. The molecule has 2 aromatic heterocycles. The molecule has 5 nitrogen and oxygen atoms in total. The normalized spacial score (nSPS) is 25.2. The maximum Gasteiger partial charge on any atom is 0.142 e. The van der Waals surface area contributed by atoms with Crippen molar-refractivity contribution in [2.75, 3.05) is 18.1 Å². The molecule has 0 radical (unpaired) electrons. The molecule has 94 valence electrons. The average Bonchev–Trinajstić information content (AvgIpc) is 2.85. The lowest BCUT2D eigenvalue weighted by molar-refractivity contribution is 0.261. The summed E-state index contributed by atoms with van der Waals surface area (Å²) in [6.07, 6.45) is 7.17. The van der Waals surface area contributed by atoms with Gasteiger partial charge in [-0.2, -0.15) is 0 Å². The largest absolute Gasteiger partial charge is 0.394 e. The zero-order valence-electron chi connectivity index (χ0n) is 10.1. The molecule has 1 aliphatic carbocycles. The smallest absolute Gasteiger partial charge is 0.142 e. The van der Waals surface area contributed by atoms with E-state index in [9.17, 15) is 5.11 Å². The predicted octanol–water partition coefficient (Wildman–Crippen LogP) is 1.31. The maximum atomic E-state index is 9.59. The molecular formula is C13H16N4O. The van der Waals surface area contributed by atoms with Gasteiger partial charge in [-0.15, -0.1) is 0 Å². The summed E-state index contributed by atoms with van der Waals surface area (Å²) < 4.78 is 0. The fourth-order valence-corrected chi connectivity index (χ4v) is 3.20. The lowest BCUT2D eigenvalue weighted by atomic mass is 10.0. The second-order valence-electron chi connectivity index (χ2n) is 5.61. The van der Waals surface area contributed by atoms with Gasteiger partial charge < -0.3 is 15.0 Å². The molecule has 0 bridgehead atoms. The summed E-state index contributed by atoms with van der Waals surface area (Å²) in [6, 6.07) is 2.22. The zero-order valence-corrected chi connectivity index (χ0v) is 10.1. The Labute approximate surface area is 105 Å². The zero-order chi connectivity index (χ0) is 12.2. The fourth-order valence-electron chi connectivity index (χ4n) is 3.20. The number of H-pyrrole nitrogens is 1. The molecule has 0 amide bonds. The van der Waals surface area contributed by atoms with Gasteiger partial charge in [-0.25, -0.2) is 9.97 Å². The van der Waals surface area contributed by atoms with E-state index in [2.05, 4.69) is 19.9 Å². The van der Waals surface area contributed by atoms with E-state index in [0.29, 0.717) is 5.41 Å². The van der Waals surface area contributed by atoms with Gasteiger partial charge in [0.2, 0.25) is 0 Å². The third-order valence-electron chi connectivity index (χ3n) is 4.39. The van der Waals surface area contributed by atoms with Crippen LogP contribution >= 0.6 is 0 Å². The van der Waals surface area contributed by atoms with E-state index in [1.54, 1.807) is 6.33 Å². The van der Waals surface area contributed by atoms with Crippen LogP contribution in [0.2, 0.25) is 0 Å². The second-order valence-corrected chi connectivity index (χ2v) is 5.61. The molecule has 5 heteroatoms. The van der Waals surface area contributed by atoms with E-state index >= 15 is 0 Å². The van der Waals surface area contributed by atoms with Gasteiger partial charge in [0.25, 0.3) is 0 Å². The highest BCUT2D eigenvalue weighted by Gasteiger charge is 2.52. The van der Waals surface area contributed by atoms with Crippen molar-refractivity contribution in [1.82, 2.24) is 15.0 Å². The number of aliphatic hydroxyl groups excluding tert-OH is 1. The van der Waals surface area contributed by atoms with Gasteiger partial charge in [0.05, 0.1) is 18.0 Å². The minimum atomic E-state index is 0.206. The number of hydrogen-bond donors (Lipinski definition) is 2. The lowest BCUT2D eigenvalue weighted by Gasteiger charge is -2.24. The van der Waals surface area contributed by atoms with Gasteiger partial charge in [0.15, 0.2) is 0 Å². The Balaban J connectivity index is 1.79. The molecule has 2 aliphatic rings. The van der Waals surface area contributed by atoms with Crippen LogP contribution in [-0.4, -0.2) is 39.3 Å². The van der Waals surface area contributed by atoms with Crippen LogP contribution in [0.3, 0.4) is 0 Å². The van der Waals surface area contributed by atoms with Crippen molar-refractivity contribution < 1.29 is 5.11 Å². The number of aliphatic hydroxyl groups is 1. The van der Waals surface area contributed by atoms with Gasteiger partial charge >= 0.3 is 0 Å². The number of fused-ring (bicyclic) bond motifs is 1. The molecule has 0 unspecified atom stereocenters. The highest BCUT2D eigenvalue weighted by atomic mass is 16.3. The van der Waals surface area contributed by atoms with Crippen molar-refractivity contribution in [3.05, 3.63) is 18.6 Å². The van der Waals surface area contributed by atoms with Crippen LogP contribution in [0.15, 0.2) is 18.6 Å². The minimum Gasteiger partial charge on any atom is -0.394 e. The van der Waals surface area contributed by atoms with Crippen molar-refractivity contribution in [1.29, 1.82) is 0 Å². The van der Waals surface area contributed by atoms with Crippen LogP contribution in [0.1, 0.15) is 19.3 Å². The summed E-state index contributed by atoms with van der Waals surface area (Å²) in [7, 11) is 0. The van der Waals surface area contributed by atoms with Gasteiger partial charge in [0.1, 0.15) is 17.8 Å². The number of aromatic nitrogens is 3. The third kappa shape index (κ3) is 1.37. The van der Waals surface area contributed by atoms with Crippen LogP contribution in [0.4, 0.5) is 5.82 Å². The van der Waals surface area contributed by atoms with Crippen molar-refractivity contribution in [3.8, 4) is 0 Å². The van der Waals surface area contributed by atoms with E-state index in [-0.39, 0.29) is 12.6 Å². The van der Waals surface area contributed by atoms with Gasteiger partial charge in [-0.05, 0) is 30.7 Å². The first-order valence-corrected chi connectivity index (χ1v) is 6.47. The molecule has 4 rings (SSSR count). The van der Waals surface area contributed by atoms with E-state index in [4.69, 9.17) is 0 Å². The minimum absolute atomic E-state index is 0.206. The second kappa shape index (κ2) is 3.45. The molecular weight excluding hydrogens is 228 g/mol. The fraction of sp³-hybridized carbons (Fsp3) is 0.538. The molecule has 2 fully saturated rings. The van der Waals surface area contributed by atoms with E-state index < -0.39 is 0 Å². The summed E-state index contributed by atoms with van der Waals surface area (Å²) in [4.78, 5) is 14.0. The number of nitrogens with zero attached hydrogens (tertiary/aromatic N) is 3. The number of rotatable bonds is 2. The maximum absolute atomic E-state index is 9.59. The molecule has 1 atom stereocenters. The number of hydrogen-bond acceptors (Lipinski definition) is 4. The van der Waals surface area contributed by atoms with Crippen LogP contribution in [0.25, 0.3) is 11.0 Å². The molecule has 1 saturated heterocycles. The van der Waals surface area contributed by atoms with Gasteiger partial charge in [0, 0.05) is 12.7 Å². The number of nitrogens with one attached hydrogen (secondary N) is 1. The van der Waals surface area contributed by atoms with Crippen molar-refractivity contribution >= 4 is 16.9 Å². The molecule has 1 aliphatic heterocycles. The summed E-state index contributed by atoms with van der Waals surface area (Å²) in [5.41, 5.74) is 1.33. The Hall–Kier alpha value is -1.62. The Morgan fingerprint density at radius 1 is 1.44 bits per heavy atom. The third-order valence-corrected chi connectivity index (χ3v) is 4.39. The van der Waals surface area contributed by atoms with Crippen LogP contribution in [-0.2, 0) is 0 Å². The Kier molecular flexibility index (Phi) is 1.97. The average molecular weight is 244 g/mol. The van der Waals surface area contributed by atoms with Gasteiger partial charge in [-0.3, -0.25) is 0 Å². The monoisotopic (exact) mass is 244 g/mol. The van der Waals surface area contributed by atoms with Crippen molar-refractivity contribution in [2.24, 2.45) is 5.41 Å². The first-order valence-electron chi connectivity index (χ1n) is 6.47. The summed E-state index contributed by atoms with van der Waals surface area (Å²) in [5, 5.41) is 10.6. The molecule has 3 heterocycles. The predicted molar refractivity (Wildman–Crippen MR) is 68.4 cm³/mol. The highest BCUT2D eigenvalue weighted by Crippen LogP contribution is 2.55. The van der Waals surface area contributed by atoms with E-state index in [1.165, 1.54) is 12.8 Å². The molecule has 1 saturated carbocycles. The van der Waals surface area contributed by atoms with Crippen LogP contribution < -0.4 is 4.90 Å². The number of aromatic amines is 1. The van der Waals surface area contributed by atoms with E-state index in [1.807, 2.05) is 12.3 Å². The van der Waals surface area contributed by atoms with Crippen molar-refractivity contribution in [3.63, 3.8) is 0 Å². The van der Waals surface area contributed by atoms with E-state index in [0.717, 1.165) is 29.8 Å². The molecule has 0 aromatic carbocycles. The Morgan fingerprint density at radius 3 is 3.11 bits per heavy atom. The summed E-state index contributed by atoms with van der Waals surface area (Å²) in [6.45, 7) is 1.23. The van der Waals surface area contributed by atoms with Crippen LogP contribution in [0, 0.1) is 5.41 Å². The molecule has 2 N–H and O–H groups in total. The van der Waals surface area contributed by atoms with Crippen molar-refractivity contribution in [2.45, 2.75) is 25.3 Å². The van der Waals surface area contributed by atoms with Gasteiger partial charge in [-0.1, -0.05) is 0 Å². The molecule has 18 heavy (non-hydrogen) atoms. The first kappa shape index (κ1) is 10.3. The lowest BCUT2D eigenvalue weighted by Crippen LogP contribution is -2.33. The molecule has 2 aromatic rings. The highest BCUT2D eigenvalue weighted by molar-refractivity contribution is 5.87. The summed E-state index contributed by atoms with van der Waals surface area (Å²) >= 11 is 0. The quantitative estimate of drug-likeness (QED) is 0.836. The standard InChI is InChI=1S/C13H16N4O/c18-6-9-5-13(2-3-13)7-17(9)12-10-1-4-14-11(10)15-8-16-12/h1,4,8-9,18H,2-3,5-7H2,(H,14,15,16)/t9-/m0/s1.